The molecule has 7 heteroatoms. The molecule has 130 valence electrons. The van der Waals surface area contributed by atoms with Gasteiger partial charge in [0, 0.05) is 31.2 Å². The summed E-state index contributed by atoms with van der Waals surface area (Å²) in [6, 6.07) is 13.2. The summed E-state index contributed by atoms with van der Waals surface area (Å²) in [6.45, 7) is 0. The molecule has 2 amide bonds. The molecule has 7 nitrogen and oxygen atoms in total. The molecule has 2 aromatic rings. The average molecular weight is 341 g/mol. The van der Waals surface area contributed by atoms with Crippen molar-refractivity contribution in [2.24, 2.45) is 0 Å². The normalized spacial score (nSPS) is 9.88. The van der Waals surface area contributed by atoms with Crippen LogP contribution in [0.15, 0.2) is 48.5 Å². The summed E-state index contributed by atoms with van der Waals surface area (Å²) in [4.78, 5) is 37.4. The zero-order valence-corrected chi connectivity index (χ0v) is 14.2. The maximum Gasteiger partial charge on any atom is 0.337 e. The largest absolute Gasteiger partial charge is 0.465 e. The van der Waals surface area contributed by atoms with E-state index >= 15 is 0 Å². The fraction of sp³-hybridized carbons (Fsp3) is 0.167. The van der Waals surface area contributed by atoms with E-state index < -0.39 is 17.8 Å². The highest BCUT2D eigenvalue weighted by Crippen LogP contribution is 2.16. The smallest absolute Gasteiger partial charge is 0.337 e. The van der Waals surface area contributed by atoms with Gasteiger partial charge in [0.25, 0.3) is 0 Å². The molecule has 0 aliphatic heterocycles. The lowest BCUT2D eigenvalue weighted by molar-refractivity contribution is -0.132. The molecule has 0 bridgehead atoms. The molecule has 0 saturated heterocycles. The SMILES string of the molecule is COC(=O)c1cccc(NC(=O)C(=O)Nc2ccc(N(C)C)cc2)c1. The van der Waals surface area contributed by atoms with E-state index in [1.807, 2.05) is 31.1 Å². The van der Waals surface area contributed by atoms with Crippen LogP contribution in [0.2, 0.25) is 0 Å². The highest BCUT2D eigenvalue weighted by molar-refractivity contribution is 6.43. The predicted molar refractivity (Wildman–Crippen MR) is 95.8 cm³/mol. The fourth-order valence-corrected chi connectivity index (χ4v) is 2.06. The van der Waals surface area contributed by atoms with E-state index in [0.717, 1.165) is 5.69 Å². The van der Waals surface area contributed by atoms with Crippen LogP contribution in [0, 0.1) is 0 Å². The van der Waals surface area contributed by atoms with Gasteiger partial charge >= 0.3 is 17.8 Å². The lowest BCUT2D eigenvalue weighted by Crippen LogP contribution is -2.29. The summed E-state index contributed by atoms with van der Waals surface area (Å²) in [5.41, 5.74) is 2.09. The summed E-state index contributed by atoms with van der Waals surface area (Å²) in [7, 11) is 5.08. The molecule has 2 rings (SSSR count). The second-order valence-electron chi connectivity index (χ2n) is 5.42. The number of esters is 1. The van der Waals surface area contributed by atoms with Crippen LogP contribution in [-0.4, -0.2) is 39.0 Å². The predicted octanol–water partition coefficient (Wildman–Crippen LogP) is 2.12. The van der Waals surface area contributed by atoms with Crippen LogP contribution in [-0.2, 0) is 14.3 Å². The summed E-state index contributed by atoms with van der Waals surface area (Å²) in [5, 5.41) is 4.96. The number of nitrogens with one attached hydrogen (secondary N) is 2. The van der Waals surface area contributed by atoms with Crippen molar-refractivity contribution in [2.75, 3.05) is 36.7 Å². The van der Waals surface area contributed by atoms with Crippen LogP contribution in [0.1, 0.15) is 10.4 Å². The van der Waals surface area contributed by atoms with Gasteiger partial charge in [-0.05, 0) is 42.5 Å². The Morgan fingerprint density at radius 1 is 0.880 bits per heavy atom. The van der Waals surface area contributed by atoms with Crippen molar-refractivity contribution in [2.45, 2.75) is 0 Å². The Kier molecular flexibility index (Phi) is 5.73. The third-order valence-electron chi connectivity index (χ3n) is 3.39. The molecular weight excluding hydrogens is 322 g/mol. The number of anilines is 3. The van der Waals surface area contributed by atoms with Crippen molar-refractivity contribution in [3.05, 3.63) is 54.1 Å². The lowest BCUT2D eigenvalue weighted by atomic mass is 10.2. The number of carbonyl (C=O) groups excluding carboxylic acids is 3. The van der Waals surface area contributed by atoms with E-state index in [-0.39, 0.29) is 5.56 Å². The zero-order chi connectivity index (χ0) is 18.4. The number of methoxy groups -OCH3 is 1. The van der Waals surface area contributed by atoms with Crippen LogP contribution >= 0.6 is 0 Å². The van der Waals surface area contributed by atoms with Gasteiger partial charge in [-0.25, -0.2) is 4.79 Å². The Bertz CT molecular complexity index is 785. The summed E-state index contributed by atoms with van der Waals surface area (Å²) >= 11 is 0. The molecule has 0 spiro atoms. The summed E-state index contributed by atoms with van der Waals surface area (Å²) in [6.07, 6.45) is 0. The van der Waals surface area contributed by atoms with Crippen LogP contribution in [0.3, 0.4) is 0 Å². The third kappa shape index (κ3) is 4.81. The van der Waals surface area contributed by atoms with Crippen LogP contribution < -0.4 is 15.5 Å². The van der Waals surface area contributed by atoms with Gasteiger partial charge in [0.05, 0.1) is 12.7 Å². The minimum atomic E-state index is -0.835. The standard InChI is InChI=1S/C18H19N3O4/c1-21(2)15-9-7-13(8-10-15)19-16(22)17(23)20-14-6-4-5-12(11-14)18(24)25-3/h4-11H,1-3H3,(H,19,22)(H,20,23). The maximum absolute atomic E-state index is 12.0. The van der Waals surface area contributed by atoms with E-state index in [2.05, 4.69) is 15.4 Å². The first kappa shape index (κ1) is 18.0. The molecular formula is C18H19N3O4. The quantitative estimate of drug-likeness (QED) is 0.657. The van der Waals surface area contributed by atoms with Gasteiger partial charge in [-0.2, -0.15) is 0 Å². The van der Waals surface area contributed by atoms with E-state index in [1.165, 1.54) is 13.2 Å². The Morgan fingerprint density at radius 2 is 1.48 bits per heavy atom. The molecule has 2 aromatic carbocycles. The van der Waals surface area contributed by atoms with Crippen LogP contribution in [0.5, 0.6) is 0 Å². The summed E-state index contributed by atoms with van der Waals surface area (Å²) < 4.78 is 4.61. The molecule has 25 heavy (non-hydrogen) atoms. The number of benzene rings is 2. The van der Waals surface area contributed by atoms with Crippen LogP contribution in [0.25, 0.3) is 0 Å². The molecule has 0 aliphatic rings. The topological polar surface area (TPSA) is 87.7 Å². The molecule has 0 radical (unpaired) electrons. The van der Waals surface area contributed by atoms with Gasteiger partial charge in [0.1, 0.15) is 0 Å². The maximum atomic E-state index is 12.0. The number of nitrogens with zero attached hydrogens (tertiary/aromatic N) is 1. The number of rotatable bonds is 4. The molecule has 0 aromatic heterocycles. The van der Waals surface area contributed by atoms with E-state index in [0.29, 0.717) is 11.4 Å². The van der Waals surface area contributed by atoms with Crippen molar-refractivity contribution >= 4 is 34.8 Å². The number of amides is 2. The Labute approximate surface area is 145 Å². The number of hydrogen-bond donors (Lipinski definition) is 2. The van der Waals surface area contributed by atoms with Gasteiger partial charge in [0.2, 0.25) is 0 Å². The Morgan fingerprint density at radius 3 is 2.04 bits per heavy atom. The number of ether oxygens (including phenoxy) is 1. The molecule has 0 aliphatic carbocycles. The van der Waals surface area contributed by atoms with E-state index in [1.54, 1.807) is 30.3 Å². The van der Waals surface area contributed by atoms with Crippen molar-refractivity contribution < 1.29 is 19.1 Å². The van der Waals surface area contributed by atoms with Gasteiger partial charge in [-0.3, -0.25) is 9.59 Å². The fourth-order valence-electron chi connectivity index (χ4n) is 2.06. The minimum Gasteiger partial charge on any atom is -0.465 e. The highest BCUT2D eigenvalue weighted by Gasteiger charge is 2.15. The summed E-state index contributed by atoms with van der Waals surface area (Å²) in [5.74, 6) is -2.17. The van der Waals surface area contributed by atoms with Crippen LogP contribution in [0.4, 0.5) is 17.1 Å². The second-order valence-corrected chi connectivity index (χ2v) is 5.42. The monoisotopic (exact) mass is 341 g/mol. The molecule has 0 fully saturated rings. The van der Waals surface area contributed by atoms with Crippen molar-refractivity contribution in [1.82, 2.24) is 0 Å². The van der Waals surface area contributed by atoms with Crippen molar-refractivity contribution in [1.29, 1.82) is 0 Å². The zero-order valence-electron chi connectivity index (χ0n) is 14.2. The second kappa shape index (κ2) is 7.96. The first-order valence-corrected chi connectivity index (χ1v) is 7.49. The first-order chi connectivity index (χ1) is 11.9. The highest BCUT2D eigenvalue weighted by atomic mass is 16.5. The Hall–Kier alpha value is -3.35. The molecule has 0 unspecified atom stereocenters. The number of carbonyl (C=O) groups is 3. The molecule has 0 atom stereocenters. The molecule has 0 heterocycles. The third-order valence-corrected chi connectivity index (χ3v) is 3.39. The van der Waals surface area contributed by atoms with Gasteiger partial charge in [0.15, 0.2) is 0 Å². The van der Waals surface area contributed by atoms with Gasteiger partial charge in [-0.1, -0.05) is 6.07 Å². The van der Waals surface area contributed by atoms with Gasteiger partial charge in [-0.15, -0.1) is 0 Å². The Balaban J connectivity index is 2.00. The average Bonchev–Trinajstić information content (AvgIpc) is 2.61. The van der Waals surface area contributed by atoms with E-state index in [9.17, 15) is 14.4 Å². The van der Waals surface area contributed by atoms with Crippen molar-refractivity contribution in [3.63, 3.8) is 0 Å². The van der Waals surface area contributed by atoms with Gasteiger partial charge < -0.3 is 20.3 Å². The molecule has 2 N–H and O–H groups in total. The first-order valence-electron chi connectivity index (χ1n) is 7.49. The lowest BCUT2D eigenvalue weighted by Gasteiger charge is -2.13. The minimum absolute atomic E-state index is 0.278. The number of hydrogen-bond acceptors (Lipinski definition) is 5. The van der Waals surface area contributed by atoms with Crippen molar-refractivity contribution in [3.8, 4) is 0 Å². The van der Waals surface area contributed by atoms with E-state index in [4.69, 9.17) is 0 Å². The molecule has 0 saturated carbocycles.